The number of phenols is 1. The minimum absolute atomic E-state index is 0.0476. The molecule has 3 rings (SSSR count). The molecule has 3 aromatic rings. The quantitative estimate of drug-likeness (QED) is 0.570. The van der Waals surface area contributed by atoms with E-state index in [-0.39, 0.29) is 17.2 Å². The molecule has 3 aromatic carbocycles. The number of rotatable bonds is 5. The predicted octanol–water partition coefficient (Wildman–Crippen LogP) is 3.96. The number of fused-ring (bicyclic) bond motifs is 1. The Morgan fingerprint density at radius 1 is 1.08 bits per heavy atom. The maximum absolute atomic E-state index is 11.3. The molecule has 1 atom stereocenters. The third-order valence-corrected chi connectivity index (χ3v) is 4.14. The maximum atomic E-state index is 11.3. The molecule has 0 saturated carbocycles. The van der Waals surface area contributed by atoms with Crippen molar-refractivity contribution in [3.63, 3.8) is 0 Å². The molecule has 0 radical (unpaired) electrons. The molecule has 5 heteroatoms. The van der Waals surface area contributed by atoms with Crippen molar-refractivity contribution in [2.75, 3.05) is 13.7 Å². The smallest absolute Gasteiger partial charge is 0.215 e. The third-order valence-electron chi connectivity index (χ3n) is 4.14. The number of aromatic hydroxyl groups is 1. The van der Waals surface area contributed by atoms with Crippen LogP contribution in [0, 0.1) is 10.1 Å². The maximum Gasteiger partial charge on any atom is 0.215 e. The topological polar surface area (TPSA) is 72.6 Å². The number of phenolic OH excluding ortho intramolecular Hbond substituents is 1. The lowest BCUT2D eigenvalue weighted by Gasteiger charge is -2.20. The van der Waals surface area contributed by atoms with Gasteiger partial charge in [-0.05, 0) is 22.9 Å². The van der Waals surface area contributed by atoms with Gasteiger partial charge in [-0.1, -0.05) is 48.5 Å². The standard InChI is InChI=1S/C19H17NO4/c1-24-18-9-5-4-8-15(18)16(12-20(22)23)19-14-7-3-2-6-13(14)10-11-17(19)21/h2-11,16,21H,12H2,1H3/t16-/m1/s1. The van der Waals surface area contributed by atoms with E-state index in [4.69, 9.17) is 4.74 Å². The van der Waals surface area contributed by atoms with Gasteiger partial charge < -0.3 is 9.84 Å². The van der Waals surface area contributed by atoms with Gasteiger partial charge in [-0.3, -0.25) is 10.1 Å². The Morgan fingerprint density at radius 2 is 1.79 bits per heavy atom. The van der Waals surface area contributed by atoms with Crippen LogP contribution in [0.15, 0.2) is 60.7 Å². The van der Waals surface area contributed by atoms with Crippen LogP contribution in [0.5, 0.6) is 11.5 Å². The summed E-state index contributed by atoms with van der Waals surface area (Å²) in [5.74, 6) is 0.00499. The van der Waals surface area contributed by atoms with Crippen molar-refractivity contribution in [1.29, 1.82) is 0 Å². The average Bonchev–Trinajstić information content (AvgIpc) is 2.60. The summed E-state index contributed by atoms with van der Waals surface area (Å²) >= 11 is 0. The van der Waals surface area contributed by atoms with Gasteiger partial charge in [0, 0.05) is 16.1 Å². The summed E-state index contributed by atoms with van der Waals surface area (Å²) < 4.78 is 5.38. The number of hydrogen-bond acceptors (Lipinski definition) is 4. The number of benzene rings is 3. The molecule has 0 aliphatic rings. The van der Waals surface area contributed by atoms with Gasteiger partial charge in [-0.2, -0.15) is 0 Å². The minimum atomic E-state index is -0.609. The fourth-order valence-electron chi connectivity index (χ4n) is 3.10. The van der Waals surface area contributed by atoms with Crippen LogP contribution in [0.25, 0.3) is 10.8 Å². The van der Waals surface area contributed by atoms with Gasteiger partial charge in [0.1, 0.15) is 11.5 Å². The molecule has 0 aromatic heterocycles. The summed E-state index contributed by atoms with van der Waals surface area (Å²) in [6.07, 6.45) is 0. The zero-order chi connectivity index (χ0) is 17.1. The predicted molar refractivity (Wildman–Crippen MR) is 92.3 cm³/mol. The molecule has 0 aliphatic carbocycles. The monoisotopic (exact) mass is 323 g/mol. The van der Waals surface area contributed by atoms with Gasteiger partial charge >= 0.3 is 0 Å². The molecule has 24 heavy (non-hydrogen) atoms. The second-order valence-electron chi connectivity index (χ2n) is 5.53. The second kappa shape index (κ2) is 6.58. The number of hydrogen-bond donors (Lipinski definition) is 1. The molecule has 1 N–H and O–H groups in total. The normalized spacial score (nSPS) is 12.0. The fraction of sp³-hybridized carbons (Fsp3) is 0.158. The van der Waals surface area contributed by atoms with Crippen LogP contribution < -0.4 is 4.74 Å². The molecule has 0 unspecified atom stereocenters. The molecule has 0 aliphatic heterocycles. The summed E-state index contributed by atoms with van der Waals surface area (Å²) in [4.78, 5) is 10.9. The first-order chi connectivity index (χ1) is 11.6. The average molecular weight is 323 g/mol. The van der Waals surface area contributed by atoms with Gasteiger partial charge in [-0.25, -0.2) is 0 Å². The van der Waals surface area contributed by atoms with Crippen LogP contribution in [-0.2, 0) is 0 Å². The zero-order valence-corrected chi connectivity index (χ0v) is 13.2. The number of nitro groups is 1. The lowest BCUT2D eigenvalue weighted by atomic mass is 9.86. The molecule has 0 spiro atoms. The highest BCUT2D eigenvalue weighted by Crippen LogP contribution is 2.40. The Hall–Kier alpha value is -3.08. The fourth-order valence-corrected chi connectivity index (χ4v) is 3.10. The Labute approximate surface area is 139 Å². The van der Waals surface area contributed by atoms with E-state index < -0.39 is 5.92 Å². The van der Waals surface area contributed by atoms with E-state index in [1.807, 2.05) is 36.4 Å². The van der Waals surface area contributed by atoms with Crippen LogP contribution in [0.4, 0.5) is 0 Å². The molecule has 0 amide bonds. The number of para-hydroxylation sites is 1. The molecular weight excluding hydrogens is 306 g/mol. The summed E-state index contributed by atoms with van der Waals surface area (Å²) in [6, 6.07) is 18.1. The van der Waals surface area contributed by atoms with Gasteiger partial charge in [0.25, 0.3) is 0 Å². The Bertz CT molecular complexity index is 891. The molecular formula is C19H17NO4. The van der Waals surface area contributed by atoms with Crippen molar-refractivity contribution in [3.8, 4) is 11.5 Å². The molecule has 0 heterocycles. The van der Waals surface area contributed by atoms with Gasteiger partial charge in [0.2, 0.25) is 6.54 Å². The minimum Gasteiger partial charge on any atom is -0.508 e. The second-order valence-corrected chi connectivity index (χ2v) is 5.53. The summed E-state index contributed by atoms with van der Waals surface area (Å²) in [5.41, 5.74) is 1.23. The lowest BCUT2D eigenvalue weighted by Crippen LogP contribution is -2.15. The summed E-state index contributed by atoms with van der Waals surface area (Å²) in [5, 5.41) is 23.5. The van der Waals surface area contributed by atoms with E-state index in [0.29, 0.717) is 16.9 Å². The number of methoxy groups -OCH3 is 1. The first kappa shape index (κ1) is 15.8. The van der Waals surface area contributed by atoms with E-state index in [1.54, 1.807) is 24.3 Å². The Kier molecular flexibility index (Phi) is 4.33. The highest BCUT2D eigenvalue weighted by molar-refractivity contribution is 5.88. The first-order valence-corrected chi connectivity index (χ1v) is 7.57. The molecule has 0 fully saturated rings. The highest BCUT2D eigenvalue weighted by atomic mass is 16.6. The largest absolute Gasteiger partial charge is 0.508 e. The van der Waals surface area contributed by atoms with Crippen LogP contribution in [0.1, 0.15) is 17.0 Å². The number of nitrogens with zero attached hydrogens (tertiary/aromatic N) is 1. The van der Waals surface area contributed by atoms with Gasteiger partial charge in [0.05, 0.1) is 13.0 Å². The van der Waals surface area contributed by atoms with Crippen LogP contribution in [-0.4, -0.2) is 23.7 Å². The van der Waals surface area contributed by atoms with Crippen molar-refractivity contribution >= 4 is 10.8 Å². The van der Waals surface area contributed by atoms with Gasteiger partial charge in [0.15, 0.2) is 0 Å². The van der Waals surface area contributed by atoms with Crippen molar-refractivity contribution < 1.29 is 14.8 Å². The SMILES string of the molecule is COc1ccccc1[C@@H](C[N+](=O)[O-])c1c(O)ccc2ccccc12. The molecule has 122 valence electrons. The third kappa shape index (κ3) is 2.88. The van der Waals surface area contributed by atoms with Crippen LogP contribution in [0.3, 0.4) is 0 Å². The Balaban J connectivity index is 2.28. The van der Waals surface area contributed by atoms with Crippen molar-refractivity contribution in [2.24, 2.45) is 0 Å². The molecule has 5 nitrogen and oxygen atoms in total. The van der Waals surface area contributed by atoms with E-state index in [2.05, 4.69) is 0 Å². The summed E-state index contributed by atoms with van der Waals surface area (Å²) in [7, 11) is 1.53. The summed E-state index contributed by atoms with van der Waals surface area (Å²) in [6.45, 7) is -0.331. The van der Waals surface area contributed by atoms with Crippen LogP contribution >= 0.6 is 0 Å². The van der Waals surface area contributed by atoms with E-state index >= 15 is 0 Å². The van der Waals surface area contributed by atoms with E-state index in [9.17, 15) is 15.2 Å². The van der Waals surface area contributed by atoms with E-state index in [0.717, 1.165) is 10.8 Å². The van der Waals surface area contributed by atoms with E-state index in [1.165, 1.54) is 7.11 Å². The molecule has 0 saturated heterocycles. The lowest BCUT2D eigenvalue weighted by molar-refractivity contribution is -0.481. The zero-order valence-electron chi connectivity index (χ0n) is 13.2. The van der Waals surface area contributed by atoms with Crippen LogP contribution in [0.2, 0.25) is 0 Å². The first-order valence-electron chi connectivity index (χ1n) is 7.57. The van der Waals surface area contributed by atoms with Gasteiger partial charge in [-0.15, -0.1) is 0 Å². The van der Waals surface area contributed by atoms with Crippen molar-refractivity contribution in [3.05, 3.63) is 81.9 Å². The van der Waals surface area contributed by atoms with Crippen molar-refractivity contribution in [1.82, 2.24) is 0 Å². The molecule has 0 bridgehead atoms. The van der Waals surface area contributed by atoms with Crippen molar-refractivity contribution in [2.45, 2.75) is 5.92 Å². The Morgan fingerprint density at radius 3 is 2.54 bits per heavy atom. The highest BCUT2D eigenvalue weighted by Gasteiger charge is 2.27. The number of ether oxygens (including phenoxy) is 1.